The Balaban J connectivity index is 2.90. The van der Waals surface area contributed by atoms with Crippen LogP contribution in [0.1, 0.15) is 18.2 Å². The number of methoxy groups -OCH3 is 1. The molecule has 0 radical (unpaired) electrons. The van der Waals surface area contributed by atoms with Crippen molar-refractivity contribution in [2.75, 3.05) is 7.11 Å². The van der Waals surface area contributed by atoms with Crippen molar-refractivity contribution in [3.8, 4) is 5.75 Å². The quantitative estimate of drug-likeness (QED) is 0.770. The van der Waals surface area contributed by atoms with Gasteiger partial charge in [-0.2, -0.15) is 0 Å². The van der Waals surface area contributed by atoms with Gasteiger partial charge < -0.3 is 15.6 Å². The predicted molar refractivity (Wildman–Crippen MR) is 49.9 cm³/mol. The maximum Gasteiger partial charge on any atom is 0.305 e. The molecule has 15 heavy (non-hydrogen) atoms. The lowest BCUT2D eigenvalue weighted by atomic mass is 10.1. The van der Waals surface area contributed by atoms with Crippen molar-refractivity contribution in [1.29, 1.82) is 0 Å². The lowest BCUT2D eigenvalue weighted by Crippen LogP contribution is -2.16. The molecule has 1 unspecified atom stereocenters. The monoisotopic (exact) mass is 214 g/mol. The number of aromatic nitrogens is 1. The highest BCUT2D eigenvalue weighted by Crippen LogP contribution is 2.20. The predicted octanol–water partition coefficient (Wildman–Crippen LogP) is 0.704. The average Bonchev–Trinajstić information content (AvgIpc) is 2.17. The van der Waals surface area contributed by atoms with Crippen LogP contribution >= 0.6 is 0 Å². The molecule has 0 saturated heterocycles. The molecule has 1 atom stereocenters. The van der Waals surface area contributed by atoms with E-state index in [2.05, 4.69) is 4.98 Å². The van der Waals surface area contributed by atoms with Gasteiger partial charge in [0.1, 0.15) is 0 Å². The van der Waals surface area contributed by atoms with Gasteiger partial charge in [0.25, 0.3) is 0 Å². The van der Waals surface area contributed by atoms with Crippen LogP contribution in [0.5, 0.6) is 5.75 Å². The second kappa shape index (κ2) is 4.70. The summed E-state index contributed by atoms with van der Waals surface area (Å²) in [6, 6.07) is 0.528. The standard InChI is InChI=1S/C9H11FN2O3/c1-15-8-3-7(12-4-5(8)10)6(11)2-9(13)14/h3-4,6H,2,11H2,1H3,(H,13,14). The molecule has 3 N–H and O–H groups in total. The van der Waals surface area contributed by atoms with Crippen LogP contribution in [0.2, 0.25) is 0 Å². The van der Waals surface area contributed by atoms with E-state index in [1.807, 2.05) is 0 Å². The number of halogens is 1. The zero-order valence-electron chi connectivity index (χ0n) is 8.11. The van der Waals surface area contributed by atoms with Gasteiger partial charge in [0, 0.05) is 6.07 Å². The van der Waals surface area contributed by atoms with Gasteiger partial charge in [-0.15, -0.1) is 0 Å². The number of hydrogen-bond acceptors (Lipinski definition) is 4. The second-order valence-corrected chi connectivity index (χ2v) is 2.95. The summed E-state index contributed by atoms with van der Waals surface area (Å²) in [6.07, 6.45) is 0.692. The van der Waals surface area contributed by atoms with Crippen LogP contribution in [0.25, 0.3) is 0 Å². The highest BCUT2D eigenvalue weighted by atomic mass is 19.1. The fourth-order valence-electron chi connectivity index (χ4n) is 1.09. The van der Waals surface area contributed by atoms with Crippen molar-refractivity contribution >= 4 is 5.97 Å². The fourth-order valence-corrected chi connectivity index (χ4v) is 1.09. The molecule has 1 rings (SSSR count). The summed E-state index contributed by atoms with van der Waals surface area (Å²) in [5.41, 5.74) is 5.84. The number of nitrogens with two attached hydrogens (primary N) is 1. The van der Waals surface area contributed by atoms with Gasteiger partial charge in [-0.3, -0.25) is 9.78 Å². The van der Waals surface area contributed by atoms with E-state index in [4.69, 9.17) is 15.6 Å². The Kier molecular flexibility index (Phi) is 3.56. The number of hydrogen-bond donors (Lipinski definition) is 2. The zero-order chi connectivity index (χ0) is 11.4. The first-order valence-corrected chi connectivity index (χ1v) is 4.21. The molecule has 0 saturated carbocycles. The summed E-state index contributed by atoms with van der Waals surface area (Å²) >= 11 is 0. The minimum absolute atomic E-state index is 0.000777. The lowest BCUT2D eigenvalue weighted by Gasteiger charge is -2.09. The largest absolute Gasteiger partial charge is 0.494 e. The molecule has 0 spiro atoms. The smallest absolute Gasteiger partial charge is 0.305 e. The van der Waals surface area contributed by atoms with Crippen molar-refractivity contribution in [3.63, 3.8) is 0 Å². The van der Waals surface area contributed by atoms with Crippen LogP contribution in [-0.2, 0) is 4.79 Å². The first-order valence-electron chi connectivity index (χ1n) is 4.21. The zero-order valence-corrected chi connectivity index (χ0v) is 8.11. The van der Waals surface area contributed by atoms with Crippen molar-refractivity contribution in [2.45, 2.75) is 12.5 Å². The van der Waals surface area contributed by atoms with Crippen molar-refractivity contribution in [1.82, 2.24) is 4.98 Å². The van der Waals surface area contributed by atoms with Crippen molar-refractivity contribution < 1.29 is 19.0 Å². The Hall–Kier alpha value is -1.69. The Labute approximate surface area is 85.7 Å². The third kappa shape index (κ3) is 2.88. The minimum atomic E-state index is -1.03. The molecule has 0 amide bonds. The van der Waals surface area contributed by atoms with E-state index in [-0.39, 0.29) is 17.9 Å². The average molecular weight is 214 g/mol. The number of rotatable bonds is 4. The second-order valence-electron chi connectivity index (χ2n) is 2.95. The minimum Gasteiger partial charge on any atom is -0.494 e. The van der Waals surface area contributed by atoms with Gasteiger partial charge in [0.15, 0.2) is 11.6 Å². The number of aliphatic carboxylic acids is 1. The van der Waals surface area contributed by atoms with Gasteiger partial charge in [-0.05, 0) is 0 Å². The van der Waals surface area contributed by atoms with Gasteiger partial charge >= 0.3 is 5.97 Å². The van der Waals surface area contributed by atoms with Crippen LogP contribution in [0.3, 0.4) is 0 Å². The van der Waals surface area contributed by atoms with E-state index >= 15 is 0 Å². The highest BCUT2D eigenvalue weighted by Gasteiger charge is 2.14. The maximum atomic E-state index is 13.0. The van der Waals surface area contributed by atoms with Gasteiger partial charge in [-0.25, -0.2) is 4.39 Å². The first-order chi connectivity index (χ1) is 7.04. The Morgan fingerprint density at radius 2 is 2.47 bits per heavy atom. The topological polar surface area (TPSA) is 85.4 Å². The summed E-state index contributed by atoms with van der Waals surface area (Å²) in [7, 11) is 1.31. The van der Waals surface area contributed by atoms with E-state index in [9.17, 15) is 9.18 Å². The molecule has 82 valence electrons. The molecule has 1 aromatic rings. The molecular formula is C9H11FN2O3. The fraction of sp³-hybridized carbons (Fsp3) is 0.333. The van der Waals surface area contributed by atoms with E-state index in [1.54, 1.807) is 0 Å². The van der Waals surface area contributed by atoms with Crippen LogP contribution in [0.15, 0.2) is 12.3 Å². The van der Waals surface area contributed by atoms with E-state index < -0.39 is 17.8 Å². The van der Waals surface area contributed by atoms with Gasteiger partial charge in [0.2, 0.25) is 0 Å². The Morgan fingerprint density at radius 3 is 3.00 bits per heavy atom. The third-order valence-electron chi connectivity index (χ3n) is 1.84. The number of ether oxygens (including phenoxy) is 1. The van der Waals surface area contributed by atoms with E-state index in [1.165, 1.54) is 13.2 Å². The maximum absolute atomic E-state index is 13.0. The lowest BCUT2D eigenvalue weighted by molar-refractivity contribution is -0.137. The molecule has 1 aromatic heterocycles. The Morgan fingerprint density at radius 1 is 1.80 bits per heavy atom. The molecule has 1 heterocycles. The van der Waals surface area contributed by atoms with Crippen LogP contribution in [0, 0.1) is 5.82 Å². The third-order valence-corrected chi connectivity index (χ3v) is 1.84. The van der Waals surface area contributed by atoms with Crippen LogP contribution in [-0.4, -0.2) is 23.2 Å². The molecule has 0 bridgehead atoms. The number of nitrogens with zero attached hydrogens (tertiary/aromatic N) is 1. The van der Waals surface area contributed by atoms with Gasteiger partial charge in [-0.1, -0.05) is 0 Å². The number of carbonyl (C=O) groups is 1. The molecule has 0 aliphatic carbocycles. The van der Waals surface area contributed by atoms with E-state index in [0.29, 0.717) is 0 Å². The molecule has 6 heteroatoms. The molecule has 0 fully saturated rings. The Bertz CT molecular complexity index is 370. The molecule has 0 aliphatic rings. The first kappa shape index (κ1) is 11.4. The normalized spacial score (nSPS) is 12.2. The van der Waals surface area contributed by atoms with Crippen LogP contribution < -0.4 is 10.5 Å². The number of carboxylic acid groups (broad SMARTS) is 1. The molecular weight excluding hydrogens is 203 g/mol. The molecule has 0 aromatic carbocycles. The van der Waals surface area contributed by atoms with Gasteiger partial charge in [0.05, 0.1) is 31.5 Å². The summed E-state index contributed by atoms with van der Waals surface area (Å²) in [4.78, 5) is 14.1. The SMILES string of the molecule is COc1cc(C(N)CC(=O)O)ncc1F. The van der Waals surface area contributed by atoms with E-state index in [0.717, 1.165) is 6.20 Å². The summed E-state index contributed by atoms with van der Waals surface area (Å²) in [5.74, 6) is -1.64. The number of pyridine rings is 1. The van der Waals surface area contributed by atoms with Crippen molar-refractivity contribution in [2.24, 2.45) is 5.73 Å². The molecule has 0 aliphatic heterocycles. The summed E-state index contributed by atoms with van der Waals surface area (Å²) < 4.78 is 17.7. The summed E-state index contributed by atoms with van der Waals surface area (Å²) in [6.45, 7) is 0. The highest BCUT2D eigenvalue weighted by molar-refractivity contribution is 5.67. The molecule has 5 nitrogen and oxygen atoms in total. The summed E-state index contributed by atoms with van der Waals surface area (Å²) in [5, 5.41) is 8.51. The van der Waals surface area contributed by atoms with Crippen molar-refractivity contribution in [3.05, 3.63) is 23.8 Å². The number of carboxylic acids is 1. The van der Waals surface area contributed by atoms with Crippen LogP contribution in [0.4, 0.5) is 4.39 Å².